The lowest BCUT2D eigenvalue weighted by Crippen LogP contribution is -2.51. The van der Waals surface area contributed by atoms with Crippen LogP contribution in [0.25, 0.3) is 0 Å². The van der Waals surface area contributed by atoms with Gasteiger partial charge in [-0.15, -0.1) is 0 Å². The van der Waals surface area contributed by atoms with Gasteiger partial charge in [-0.3, -0.25) is 9.10 Å². The summed E-state index contributed by atoms with van der Waals surface area (Å²) in [6, 6.07) is 22.0. The molecule has 37 heavy (non-hydrogen) atoms. The van der Waals surface area contributed by atoms with E-state index in [0.717, 1.165) is 16.7 Å². The van der Waals surface area contributed by atoms with Crippen molar-refractivity contribution in [2.45, 2.75) is 50.7 Å². The van der Waals surface area contributed by atoms with Crippen molar-refractivity contribution in [1.29, 1.82) is 0 Å². The molecule has 3 aromatic rings. The fourth-order valence-electron chi connectivity index (χ4n) is 4.04. The van der Waals surface area contributed by atoms with E-state index in [2.05, 4.69) is 26.1 Å². The average molecular weight is 523 g/mol. The van der Waals surface area contributed by atoms with E-state index >= 15 is 0 Å². The molecule has 0 aromatic heterocycles. The number of hydrogen-bond acceptors (Lipinski definition) is 5. The molecule has 1 aliphatic heterocycles. The van der Waals surface area contributed by atoms with Crippen LogP contribution < -0.4 is 14.4 Å². The van der Waals surface area contributed by atoms with Gasteiger partial charge in [-0.25, -0.2) is 8.42 Å². The van der Waals surface area contributed by atoms with Gasteiger partial charge in [-0.05, 0) is 47.7 Å². The minimum absolute atomic E-state index is 0.131. The number of hydrogen-bond donors (Lipinski definition) is 1. The molecule has 0 saturated heterocycles. The van der Waals surface area contributed by atoms with E-state index in [9.17, 15) is 13.2 Å². The molecule has 1 unspecified atom stereocenters. The Labute approximate surface area is 219 Å². The second-order valence-electron chi connectivity index (χ2n) is 10.2. The van der Waals surface area contributed by atoms with Crippen molar-refractivity contribution in [3.05, 3.63) is 89.5 Å². The van der Waals surface area contributed by atoms with Gasteiger partial charge in [0.05, 0.1) is 30.3 Å². The number of sulfonamides is 1. The maximum absolute atomic E-state index is 13.7. The average Bonchev–Trinajstić information content (AvgIpc) is 2.87. The molecule has 0 radical (unpaired) electrons. The van der Waals surface area contributed by atoms with Crippen LogP contribution in [0.3, 0.4) is 0 Å². The molecule has 4 rings (SSSR count). The molecular formula is C29H34N2O5S. The van der Waals surface area contributed by atoms with Crippen LogP contribution in [0.1, 0.15) is 37.5 Å². The molecule has 0 fully saturated rings. The Bertz CT molecular complexity index is 1330. The maximum atomic E-state index is 13.7. The number of ether oxygens (including phenoxy) is 2. The molecule has 1 atom stereocenters. The molecule has 1 N–H and O–H groups in total. The fourth-order valence-corrected chi connectivity index (χ4v) is 5.51. The van der Waals surface area contributed by atoms with Gasteiger partial charge in [-0.1, -0.05) is 74.9 Å². The van der Waals surface area contributed by atoms with E-state index < -0.39 is 22.0 Å². The van der Waals surface area contributed by atoms with Gasteiger partial charge in [0.15, 0.2) is 6.10 Å². The summed E-state index contributed by atoms with van der Waals surface area (Å²) < 4.78 is 40.4. The van der Waals surface area contributed by atoms with Gasteiger partial charge < -0.3 is 14.8 Å². The van der Waals surface area contributed by atoms with Gasteiger partial charge in [0.1, 0.15) is 5.75 Å². The van der Waals surface area contributed by atoms with Crippen LogP contribution >= 0.6 is 0 Å². The Morgan fingerprint density at radius 1 is 1.05 bits per heavy atom. The number of benzene rings is 3. The first kappa shape index (κ1) is 26.7. The Morgan fingerprint density at radius 3 is 2.43 bits per heavy atom. The van der Waals surface area contributed by atoms with Crippen LogP contribution in [0, 0.1) is 6.92 Å². The van der Waals surface area contributed by atoms with Crippen molar-refractivity contribution < 1.29 is 22.7 Å². The van der Waals surface area contributed by atoms with Crippen LogP contribution in [-0.2, 0) is 31.6 Å². The number of anilines is 1. The molecule has 1 aliphatic rings. The Balaban J connectivity index is 1.52. The standard InChI is InChI=1S/C29H34N2O5S/c1-21-10-13-24(14-11-21)37(33,34)31-19-27(36-26-15-12-23(18-25(26)31)29(2,3)4)28(32)30-16-17-35-20-22-8-6-5-7-9-22/h5-15,18,27H,16-17,19-20H2,1-4H3,(H,30,32). The molecule has 0 aliphatic carbocycles. The number of aryl methyl sites for hydroxylation is 1. The van der Waals surface area contributed by atoms with Crippen LogP contribution in [-0.4, -0.2) is 40.1 Å². The van der Waals surface area contributed by atoms with E-state index in [1.807, 2.05) is 49.4 Å². The SMILES string of the molecule is Cc1ccc(S(=O)(=O)N2CC(C(=O)NCCOCc3ccccc3)Oc3ccc(C(C)(C)C)cc32)cc1. The molecule has 3 aromatic carbocycles. The molecule has 7 nitrogen and oxygen atoms in total. The van der Waals surface area contributed by atoms with E-state index in [4.69, 9.17) is 9.47 Å². The second kappa shape index (κ2) is 10.9. The molecule has 8 heteroatoms. The summed E-state index contributed by atoms with van der Waals surface area (Å²) in [4.78, 5) is 13.2. The van der Waals surface area contributed by atoms with Crippen molar-refractivity contribution in [1.82, 2.24) is 5.32 Å². The minimum atomic E-state index is -3.93. The molecule has 1 amide bonds. The van der Waals surface area contributed by atoms with Crippen molar-refractivity contribution in [2.24, 2.45) is 0 Å². The highest BCUT2D eigenvalue weighted by Crippen LogP contribution is 2.40. The highest BCUT2D eigenvalue weighted by Gasteiger charge is 2.38. The predicted octanol–water partition coefficient (Wildman–Crippen LogP) is 4.58. The number of carbonyl (C=O) groups is 1. The fraction of sp³-hybridized carbons (Fsp3) is 0.345. The Kier molecular flexibility index (Phi) is 7.90. The van der Waals surface area contributed by atoms with Gasteiger partial charge in [-0.2, -0.15) is 0 Å². The largest absolute Gasteiger partial charge is 0.476 e. The number of rotatable bonds is 8. The monoisotopic (exact) mass is 522 g/mol. The molecule has 196 valence electrons. The van der Waals surface area contributed by atoms with E-state index in [-0.39, 0.29) is 23.4 Å². The lowest BCUT2D eigenvalue weighted by atomic mass is 9.86. The van der Waals surface area contributed by atoms with Crippen LogP contribution in [0.5, 0.6) is 5.75 Å². The first-order chi connectivity index (χ1) is 17.6. The maximum Gasteiger partial charge on any atom is 0.264 e. The Morgan fingerprint density at radius 2 is 1.76 bits per heavy atom. The van der Waals surface area contributed by atoms with Crippen LogP contribution in [0.2, 0.25) is 0 Å². The van der Waals surface area contributed by atoms with E-state index in [1.165, 1.54) is 4.31 Å². The zero-order chi connectivity index (χ0) is 26.6. The Hall–Kier alpha value is -3.36. The van der Waals surface area contributed by atoms with Gasteiger partial charge >= 0.3 is 0 Å². The summed E-state index contributed by atoms with van der Waals surface area (Å²) in [5.41, 5.74) is 3.22. The van der Waals surface area contributed by atoms with Crippen molar-refractivity contribution in [3.63, 3.8) is 0 Å². The summed E-state index contributed by atoms with van der Waals surface area (Å²) in [5.74, 6) is -0.0339. The van der Waals surface area contributed by atoms with E-state index in [0.29, 0.717) is 24.7 Å². The second-order valence-corrected chi connectivity index (χ2v) is 12.1. The molecule has 0 bridgehead atoms. The van der Waals surface area contributed by atoms with Crippen LogP contribution in [0.4, 0.5) is 5.69 Å². The number of nitrogens with one attached hydrogen (secondary N) is 1. The van der Waals surface area contributed by atoms with Crippen molar-refractivity contribution >= 4 is 21.6 Å². The lowest BCUT2D eigenvalue weighted by molar-refractivity contribution is -0.128. The smallest absolute Gasteiger partial charge is 0.264 e. The minimum Gasteiger partial charge on any atom is -0.476 e. The third kappa shape index (κ3) is 6.32. The van der Waals surface area contributed by atoms with Crippen LogP contribution in [0.15, 0.2) is 77.7 Å². The lowest BCUT2D eigenvalue weighted by Gasteiger charge is -2.36. The first-order valence-corrected chi connectivity index (χ1v) is 13.8. The highest BCUT2D eigenvalue weighted by molar-refractivity contribution is 7.92. The third-order valence-corrected chi connectivity index (χ3v) is 8.05. The van der Waals surface area contributed by atoms with Gasteiger partial charge in [0.25, 0.3) is 15.9 Å². The first-order valence-electron chi connectivity index (χ1n) is 12.4. The van der Waals surface area contributed by atoms with Crippen molar-refractivity contribution in [2.75, 3.05) is 24.0 Å². The zero-order valence-electron chi connectivity index (χ0n) is 21.7. The molecule has 1 heterocycles. The molecular weight excluding hydrogens is 488 g/mol. The number of amides is 1. The summed E-state index contributed by atoms with van der Waals surface area (Å²) in [6.07, 6.45) is -0.998. The zero-order valence-corrected chi connectivity index (χ0v) is 22.5. The molecule has 0 spiro atoms. The quantitative estimate of drug-likeness (QED) is 0.438. The highest BCUT2D eigenvalue weighted by atomic mass is 32.2. The normalized spacial score (nSPS) is 15.6. The number of nitrogens with zero attached hydrogens (tertiary/aromatic N) is 1. The summed E-state index contributed by atoms with van der Waals surface area (Å²) >= 11 is 0. The summed E-state index contributed by atoms with van der Waals surface area (Å²) in [6.45, 7) is 9.01. The topological polar surface area (TPSA) is 84.9 Å². The predicted molar refractivity (Wildman–Crippen MR) is 144 cm³/mol. The van der Waals surface area contributed by atoms with E-state index in [1.54, 1.807) is 30.3 Å². The summed E-state index contributed by atoms with van der Waals surface area (Å²) in [7, 11) is -3.93. The van der Waals surface area contributed by atoms with Gasteiger partial charge in [0, 0.05) is 6.54 Å². The number of fused-ring (bicyclic) bond motifs is 1. The van der Waals surface area contributed by atoms with Crippen molar-refractivity contribution in [3.8, 4) is 5.75 Å². The third-order valence-electron chi connectivity index (χ3n) is 6.25. The van der Waals surface area contributed by atoms with Gasteiger partial charge in [0.2, 0.25) is 0 Å². The summed E-state index contributed by atoms with van der Waals surface area (Å²) in [5, 5.41) is 2.81. The number of carbonyl (C=O) groups excluding carboxylic acids is 1. The molecule has 0 saturated carbocycles.